The van der Waals surface area contributed by atoms with Gasteiger partial charge in [-0.1, -0.05) is 83.6 Å². The molecule has 1 aliphatic rings. The van der Waals surface area contributed by atoms with E-state index < -0.39 is 6.04 Å². The van der Waals surface area contributed by atoms with Gasteiger partial charge in [-0.25, -0.2) is 0 Å². The Morgan fingerprint density at radius 2 is 1.67 bits per heavy atom. The Bertz CT molecular complexity index is 639. The van der Waals surface area contributed by atoms with Crippen molar-refractivity contribution in [2.24, 2.45) is 16.9 Å². The number of amides is 2. The summed E-state index contributed by atoms with van der Waals surface area (Å²) >= 11 is 0. The number of carbonyl (C=O) groups excluding carboxylic acids is 2. The van der Waals surface area contributed by atoms with Gasteiger partial charge >= 0.3 is 0 Å². The molecule has 1 saturated carbocycles. The van der Waals surface area contributed by atoms with Crippen LogP contribution in [0.1, 0.15) is 86.5 Å². The number of nitrogens with zero attached hydrogens (tertiary/aromatic N) is 1. The molecule has 0 aromatic carbocycles. The van der Waals surface area contributed by atoms with E-state index in [0.29, 0.717) is 24.1 Å². The van der Waals surface area contributed by atoms with Gasteiger partial charge in [-0.2, -0.15) is 5.10 Å². The molecule has 1 rings (SSSR count). The van der Waals surface area contributed by atoms with E-state index in [1.54, 1.807) is 25.3 Å². The van der Waals surface area contributed by atoms with Crippen LogP contribution in [0, 0.1) is 11.8 Å². The van der Waals surface area contributed by atoms with E-state index >= 15 is 0 Å². The standard InChI is InChI=1S/C17H30N4O2.C6H12.C4H6/c1-12(2)11-18-21-14(4)20-17(23)13(3)19-16(22)10-15-8-6-5-7-9-15;1-4-6(3)5-2;1-3-4-2/h11-13,15,21H,4-10H2,1-3H3,(H,19,22)(H,20,23);4H,5H2,1-3H3;3-4H,1-2H2/b18-11+;6-4-;/t13-;;/m0../s1. The van der Waals surface area contributed by atoms with E-state index in [-0.39, 0.29) is 11.8 Å². The summed E-state index contributed by atoms with van der Waals surface area (Å²) in [6, 6.07) is -0.598. The maximum atomic E-state index is 12.0. The fourth-order valence-corrected chi connectivity index (χ4v) is 2.77. The van der Waals surface area contributed by atoms with Crippen LogP contribution in [-0.4, -0.2) is 24.1 Å². The lowest BCUT2D eigenvalue weighted by molar-refractivity contribution is -0.128. The summed E-state index contributed by atoms with van der Waals surface area (Å²) in [5, 5.41) is 9.28. The summed E-state index contributed by atoms with van der Waals surface area (Å²) in [6.45, 7) is 22.4. The van der Waals surface area contributed by atoms with Gasteiger partial charge in [0.05, 0.1) is 0 Å². The molecule has 0 radical (unpaired) electrons. The van der Waals surface area contributed by atoms with Gasteiger partial charge in [0.2, 0.25) is 11.8 Å². The number of carbonyl (C=O) groups is 2. The monoisotopic (exact) mass is 460 g/mol. The lowest BCUT2D eigenvalue weighted by atomic mass is 9.87. The van der Waals surface area contributed by atoms with Crippen molar-refractivity contribution >= 4 is 18.0 Å². The molecule has 1 fully saturated rings. The molecule has 1 atom stereocenters. The SMILES string of the molecule is C/C=C(/C)CC.C=C(N/N=C/C(C)C)NC(=O)[C@H](C)NC(=O)CC1CCCCC1.C=CC=C. The van der Waals surface area contributed by atoms with Crippen molar-refractivity contribution in [3.63, 3.8) is 0 Å². The van der Waals surface area contributed by atoms with E-state index in [2.05, 4.69) is 67.7 Å². The molecule has 0 spiro atoms. The molecule has 0 aromatic heterocycles. The van der Waals surface area contributed by atoms with Gasteiger partial charge in [0, 0.05) is 12.6 Å². The largest absolute Gasteiger partial charge is 0.345 e. The van der Waals surface area contributed by atoms with Crippen molar-refractivity contribution in [3.8, 4) is 0 Å². The third-order valence-corrected chi connectivity index (χ3v) is 5.03. The summed E-state index contributed by atoms with van der Waals surface area (Å²) < 4.78 is 0. The van der Waals surface area contributed by atoms with Crippen LogP contribution < -0.4 is 16.1 Å². The second-order valence-corrected chi connectivity index (χ2v) is 8.56. The maximum absolute atomic E-state index is 12.0. The first-order valence-electron chi connectivity index (χ1n) is 12.0. The minimum atomic E-state index is -0.598. The van der Waals surface area contributed by atoms with Gasteiger partial charge in [-0.3, -0.25) is 15.0 Å². The van der Waals surface area contributed by atoms with E-state index in [4.69, 9.17) is 0 Å². The van der Waals surface area contributed by atoms with Crippen molar-refractivity contribution in [1.29, 1.82) is 0 Å². The van der Waals surface area contributed by atoms with E-state index in [0.717, 1.165) is 12.8 Å². The summed E-state index contributed by atoms with van der Waals surface area (Å²) in [7, 11) is 0. The zero-order chi connectivity index (χ0) is 25.6. The molecule has 0 heterocycles. The molecule has 188 valence electrons. The first kappa shape index (κ1) is 32.5. The smallest absolute Gasteiger partial charge is 0.247 e. The zero-order valence-corrected chi connectivity index (χ0v) is 21.9. The average Bonchev–Trinajstić information content (AvgIpc) is 2.79. The van der Waals surface area contributed by atoms with Crippen molar-refractivity contribution < 1.29 is 9.59 Å². The second-order valence-electron chi connectivity index (χ2n) is 8.56. The van der Waals surface area contributed by atoms with Crippen LogP contribution in [0.2, 0.25) is 0 Å². The van der Waals surface area contributed by atoms with Crippen molar-refractivity contribution in [1.82, 2.24) is 16.1 Å². The second kappa shape index (κ2) is 21.2. The fourth-order valence-electron chi connectivity index (χ4n) is 2.77. The van der Waals surface area contributed by atoms with Crippen LogP contribution >= 0.6 is 0 Å². The molecule has 0 aliphatic heterocycles. The molecular weight excluding hydrogens is 412 g/mol. The minimum absolute atomic E-state index is 0.0593. The van der Waals surface area contributed by atoms with E-state index in [9.17, 15) is 9.59 Å². The highest BCUT2D eigenvalue weighted by Crippen LogP contribution is 2.26. The highest BCUT2D eigenvalue weighted by molar-refractivity contribution is 5.88. The average molecular weight is 461 g/mol. The predicted molar refractivity (Wildman–Crippen MR) is 143 cm³/mol. The molecule has 0 bridgehead atoms. The number of rotatable bonds is 10. The number of nitrogens with one attached hydrogen (secondary N) is 3. The molecule has 1 aliphatic carbocycles. The first-order valence-corrected chi connectivity index (χ1v) is 12.0. The van der Waals surface area contributed by atoms with E-state index in [1.165, 1.54) is 31.3 Å². The van der Waals surface area contributed by atoms with Gasteiger partial charge in [0.1, 0.15) is 11.9 Å². The normalized spacial score (nSPS) is 14.7. The summed E-state index contributed by atoms with van der Waals surface area (Å²) in [4.78, 5) is 24.0. The molecule has 6 nitrogen and oxygen atoms in total. The van der Waals surface area contributed by atoms with Crippen molar-refractivity contribution in [2.75, 3.05) is 0 Å². The van der Waals surface area contributed by atoms with Gasteiger partial charge in [-0.15, -0.1) is 0 Å². The van der Waals surface area contributed by atoms with Gasteiger partial charge < -0.3 is 10.6 Å². The van der Waals surface area contributed by atoms with Crippen molar-refractivity contribution in [3.05, 3.63) is 49.4 Å². The summed E-state index contributed by atoms with van der Waals surface area (Å²) in [5.74, 6) is 0.695. The Morgan fingerprint density at radius 3 is 2.09 bits per heavy atom. The summed E-state index contributed by atoms with van der Waals surface area (Å²) in [5.41, 5.74) is 4.12. The lowest BCUT2D eigenvalue weighted by Crippen LogP contribution is -2.46. The number of allylic oxidation sites excluding steroid dienone is 4. The van der Waals surface area contributed by atoms with Crippen LogP contribution in [-0.2, 0) is 9.59 Å². The van der Waals surface area contributed by atoms with Crippen LogP contribution in [0.4, 0.5) is 0 Å². The molecular formula is C27H48N4O2. The molecule has 33 heavy (non-hydrogen) atoms. The molecule has 3 N–H and O–H groups in total. The van der Waals surface area contributed by atoms with Crippen LogP contribution in [0.3, 0.4) is 0 Å². The number of hydrogen-bond donors (Lipinski definition) is 3. The lowest BCUT2D eigenvalue weighted by Gasteiger charge is -2.22. The molecule has 0 aromatic rings. The number of hydrazone groups is 1. The Morgan fingerprint density at radius 1 is 1.09 bits per heavy atom. The summed E-state index contributed by atoms with van der Waals surface area (Å²) in [6.07, 6.45) is 14.7. The van der Waals surface area contributed by atoms with Crippen molar-refractivity contribution in [2.45, 2.75) is 92.5 Å². The van der Waals surface area contributed by atoms with Gasteiger partial charge in [0.25, 0.3) is 0 Å². The van der Waals surface area contributed by atoms with Crippen LogP contribution in [0.5, 0.6) is 0 Å². The fraction of sp³-hybridized carbons (Fsp3) is 0.593. The Balaban J connectivity index is 0. The first-order chi connectivity index (χ1) is 15.6. The topological polar surface area (TPSA) is 82.6 Å². The Hall–Kier alpha value is -2.63. The molecule has 6 heteroatoms. The van der Waals surface area contributed by atoms with Crippen LogP contribution in [0.15, 0.2) is 54.5 Å². The molecule has 0 unspecified atom stereocenters. The van der Waals surface area contributed by atoms with E-state index in [1.807, 2.05) is 13.8 Å². The highest BCUT2D eigenvalue weighted by Gasteiger charge is 2.20. The van der Waals surface area contributed by atoms with Crippen LogP contribution in [0.25, 0.3) is 0 Å². The molecule has 0 saturated heterocycles. The van der Waals surface area contributed by atoms with Gasteiger partial charge in [-0.05, 0) is 51.9 Å². The zero-order valence-electron chi connectivity index (χ0n) is 21.9. The quantitative estimate of drug-likeness (QED) is 0.162. The third kappa shape index (κ3) is 21.0. The predicted octanol–water partition coefficient (Wildman–Crippen LogP) is 6.00. The Kier molecular flexibility index (Phi) is 20.9. The Labute approximate surface area is 202 Å². The third-order valence-electron chi connectivity index (χ3n) is 5.03. The minimum Gasteiger partial charge on any atom is -0.345 e. The maximum Gasteiger partial charge on any atom is 0.247 e. The number of hydrogen-bond acceptors (Lipinski definition) is 4. The van der Waals surface area contributed by atoms with Gasteiger partial charge in [0.15, 0.2) is 0 Å². The highest BCUT2D eigenvalue weighted by atomic mass is 16.2. The molecule has 2 amide bonds.